The first-order valence-electron chi connectivity index (χ1n) is 13.0. The summed E-state index contributed by atoms with van der Waals surface area (Å²) in [7, 11) is 0. The van der Waals surface area contributed by atoms with Crippen LogP contribution in [0.1, 0.15) is 49.4 Å². The van der Waals surface area contributed by atoms with Gasteiger partial charge in [-0.25, -0.2) is 0 Å². The maximum atomic E-state index is 6.53. The van der Waals surface area contributed by atoms with Gasteiger partial charge in [0.25, 0.3) is 0 Å². The van der Waals surface area contributed by atoms with Crippen molar-refractivity contribution in [1.82, 2.24) is 15.3 Å². The molecule has 0 saturated carbocycles. The quantitative estimate of drug-likeness (QED) is 0.171. The number of pyridine rings is 1. The van der Waals surface area contributed by atoms with Crippen LogP contribution >= 0.6 is 36.4 Å². The summed E-state index contributed by atoms with van der Waals surface area (Å²) in [6, 6.07) is 14.9. The first-order chi connectivity index (χ1) is 17.1. The van der Waals surface area contributed by atoms with Crippen LogP contribution in [0.4, 0.5) is 5.69 Å². The average molecular weight is 563 g/mol. The summed E-state index contributed by atoms with van der Waals surface area (Å²) in [5.74, 6) is 0. The van der Waals surface area contributed by atoms with E-state index in [9.17, 15) is 0 Å². The summed E-state index contributed by atoms with van der Waals surface area (Å²) in [6.07, 6.45) is 9.73. The monoisotopic (exact) mass is 561 g/mol. The molecule has 0 aliphatic heterocycles. The van der Waals surface area contributed by atoms with Gasteiger partial charge in [-0.2, -0.15) is 0 Å². The highest BCUT2D eigenvalue weighted by Crippen LogP contribution is 2.35. The summed E-state index contributed by atoms with van der Waals surface area (Å²) >= 11 is 6.31. The number of aromatic amines is 1. The lowest BCUT2D eigenvalue weighted by atomic mass is 9.92. The lowest BCUT2D eigenvalue weighted by Crippen LogP contribution is -2.41. The Morgan fingerprint density at radius 1 is 1.05 bits per heavy atom. The Labute approximate surface area is 237 Å². The average Bonchev–Trinajstić information content (AvgIpc) is 3.26. The zero-order chi connectivity index (χ0) is 24.2. The van der Waals surface area contributed by atoms with Gasteiger partial charge in [-0.3, -0.25) is 4.98 Å². The molecule has 200 valence electrons. The van der Waals surface area contributed by atoms with Crippen molar-refractivity contribution in [2.24, 2.45) is 5.73 Å². The van der Waals surface area contributed by atoms with E-state index < -0.39 is 0 Å². The molecule has 0 amide bonds. The predicted molar refractivity (Wildman–Crippen MR) is 163 cm³/mol. The fourth-order valence-electron chi connectivity index (χ4n) is 5.44. The van der Waals surface area contributed by atoms with Crippen LogP contribution in [0.15, 0.2) is 48.7 Å². The summed E-state index contributed by atoms with van der Waals surface area (Å²) in [5.41, 5.74) is 13.9. The van der Waals surface area contributed by atoms with Crippen molar-refractivity contribution in [1.29, 1.82) is 0 Å². The van der Waals surface area contributed by atoms with Crippen LogP contribution in [0.2, 0.25) is 5.02 Å². The van der Waals surface area contributed by atoms with E-state index in [1.54, 1.807) is 0 Å². The van der Waals surface area contributed by atoms with Gasteiger partial charge in [0.2, 0.25) is 0 Å². The molecule has 4 aromatic rings. The molecule has 5 nitrogen and oxygen atoms in total. The van der Waals surface area contributed by atoms with E-state index in [1.807, 2.05) is 12.1 Å². The highest BCUT2D eigenvalue weighted by molar-refractivity contribution is 6.31. The molecule has 5 rings (SSSR count). The van der Waals surface area contributed by atoms with Crippen LogP contribution in [0.3, 0.4) is 0 Å². The molecule has 0 fully saturated rings. The Hall–Kier alpha value is -2.02. The van der Waals surface area contributed by atoms with Gasteiger partial charge < -0.3 is 21.4 Å². The largest absolute Gasteiger partial charge is 0.380 e. The minimum Gasteiger partial charge on any atom is -0.380 e. The number of hydrogen-bond acceptors (Lipinski definition) is 4. The van der Waals surface area contributed by atoms with Crippen LogP contribution in [0.5, 0.6) is 0 Å². The number of aryl methyl sites for hydroxylation is 1. The summed E-state index contributed by atoms with van der Waals surface area (Å²) in [5, 5.41) is 10.8. The smallest absolute Gasteiger partial charge is 0.0741 e. The molecule has 5 N–H and O–H groups in total. The van der Waals surface area contributed by atoms with E-state index in [0.29, 0.717) is 6.04 Å². The number of H-pyrrole nitrogens is 1. The van der Waals surface area contributed by atoms with Gasteiger partial charge in [0.1, 0.15) is 0 Å². The zero-order valence-electron chi connectivity index (χ0n) is 21.4. The van der Waals surface area contributed by atoms with Crippen molar-refractivity contribution in [2.45, 2.75) is 64.0 Å². The zero-order valence-corrected chi connectivity index (χ0v) is 23.7. The van der Waals surface area contributed by atoms with Gasteiger partial charge in [-0.05, 0) is 73.9 Å². The highest BCUT2D eigenvalue weighted by Gasteiger charge is 2.20. The molecule has 2 aromatic carbocycles. The number of hydrogen-bond donors (Lipinski definition) is 4. The Bertz CT molecular complexity index is 1310. The fraction of sp³-hybridized carbons (Fsp3) is 0.414. The van der Waals surface area contributed by atoms with E-state index in [4.69, 9.17) is 22.3 Å². The molecular weight excluding hydrogens is 525 g/mol. The van der Waals surface area contributed by atoms with Gasteiger partial charge >= 0.3 is 0 Å². The van der Waals surface area contributed by atoms with Crippen molar-refractivity contribution in [3.63, 3.8) is 0 Å². The van der Waals surface area contributed by atoms with Crippen molar-refractivity contribution < 1.29 is 0 Å². The molecule has 8 heteroatoms. The van der Waals surface area contributed by atoms with Crippen LogP contribution in [-0.2, 0) is 19.3 Å². The second kappa shape index (κ2) is 13.7. The number of nitrogens with zero attached hydrogens (tertiary/aromatic N) is 1. The molecule has 2 heterocycles. The second-order valence-electron chi connectivity index (χ2n) is 9.89. The van der Waals surface area contributed by atoms with Gasteiger partial charge in [0.05, 0.1) is 5.52 Å². The SMILES string of the molecule is CCCC(CNCC(N)Cc1c[nH]c2ccccc12)Nc1c2c(nc3cc(Cl)ccc13)CCCC2.Cl.Cl. The molecule has 2 unspecified atom stereocenters. The van der Waals surface area contributed by atoms with Gasteiger partial charge in [0, 0.05) is 64.1 Å². The molecule has 1 aliphatic carbocycles. The topological polar surface area (TPSA) is 78.8 Å². The van der Waals surface area contributed by atoms with E-state index in [-0.39, 0.29) is 30.9 Å². The second-order valence-corrected chi connectivity index (χ2v) is 10.3. The lowest BCUT2D eigenvalue weighted by molar-refractivity contribution is 0.524. The molecule has 37 heavy (non-hydrogen) atoms. The Balaban J connectivity index is 0.00000190. The first-order valence-corrected chi connectivity index (χ1v) is 13.4. The summed E-state index contributed by atoms with van der Waals surface area (Å²) in [6.45, 7) is 3.91. The molecule has 1 aliphatic rings. The molecule has 0 radical (unpaired) electrons. The third-order valence-corrected chi connectivity index (χ3v) is 7.40. The number of aromatic nitrogens is 2. The molecular formula is C29H38Cl3N5. The van der Waals surface area contributed by atoms with Crippen molar-refractivity contribution in [2.75, 3.05) is 18.4 Å². The highest BCUT2D eigenvalue weighted by atomic mass is 35.5. The van der Waals surface area contributed by atoms with E-state index in [1.165, 1.54) is 51.6 Å². The standard InChI is InChI=1S/C29H36ClN5.2ClH/c1-2-7-22(18-32-17-21(31)14-19-16-33-26-10-5-3-8-23(19)26)34-29-24-9-4-6-11-27(24)35-28-15-20(30)12-13-25(28)29;;/h3,5,8,10,12-13,15-16,21-22,32-33H,2,4,6-7,9,11,14,17-18,31H2,1H3,(H,34,35);2*1H. The minimum absolute atomic E-state index is 0. The van der Waals surface area contributed by atoms with Crippen LogP contribution in [-0.4, -0.2) is 35.1 Å². The number of halogens is 3. The normalized spacial score (nSPS) is 14.5. The number of anilines is 1. The number of nitrogens with two attached hydrogens (primary N) is 1. The summed E-state index contributed by atoms with van der Waals surface area (Å²) < 4.78 is 0. The van der Waals surface area contributed by atoms with E-state index in [0.717, 1.165) is 55.7 Å². The minimum atomic E-state index is 0. The van der Waals surface area contributed by atoms with E-state index >= 15 is 0 Å². The lowest BCUT2D eigenvalue weighted by Gasteiger charge is -2.27. The maximum Gasteiger partial charge on any atom is 0.0741 e. The molecule has 2 aromatic heterocycles. The molecule has 2 atom stereocenters. The number of benzene rings is 2. The van der Waals surface area contributed by atoms with Crippen molar-refractivity contribution in [3.05, 3.63) is 70.5 Å². The Morgan fingerprint density at radius 2 is 1.86 bits per heavy atom. The summed E-state index contributed by atoms with van der Waals surface area (Å²) in [4.78, 5) is 8.33. The van der Waals surface area contributed by atoms with E-state index in [2.05, 4.69) is 59.1 Å². The Kier molecular flexibility index (Phi) is 10.9. The molecule has 0 spiro atoms. The van der Waals surface area contributed by atoms with Gasteiger partial charge in [-0.15, -0.1) is 24.8 Å². The third kappa shape index (κ3) is 6.90. The number of nitrogens with one attached hydrogen (secondary N) is 3. The van der Waals surface area contributed by atoms with Crippen LogP contribution < -0.4 is 16.4 Å². The molecule has 0 bridgehead atoms. The van der Waals surface area contributed by atoms with Crippen molar-refractivity contribution >= 4 is 63.9 Å². The number of para-hydroxylation sites is 1. The number of fused-ring (bicyclic) bond motifs is 3. The molecule has 0 saturated heterocycles. The predicted octanol–water partition coefficient (Wildman–Crippen LogP) is 6.83. The van der Waals surface area contributed by atoms with Crippen LogP contribution in [0, 0.1) is 0 Å². The number of rotatable bonds is 10. The van der Waals surface area contributed by atoms with Crippen molar-refractivity contribution in [3.8, 4) is 0 Å². The van der Waals surface area contributed by atoms with Gasteiger partial charge in [0.15, 0.2) is 0 Å². The maximum absolute atomic E-state index is 6.53. The first kappa shape index (κ1) is 29.5. The third-order valence-electron chi connectivity index (χ3n) is 7.16. The Morgan fingerprint density at radius 3 is 2.70 bits per heavy atom. The van der Waals surface area contributed by atoms with Crippen LogP contribution in [0.25, 0.3) is 21.8 Å². The van der Waals surface area contributed by atoms with Gasteiger partial charge in [-0.1, -0.05) is 43.1 Å². The fourth-order valence-corrected chi connectivity index (χ4v) is 5.61.